The van der Waals surface area contributed by atoms with E-state index in [1.807, 2.05) is 13.8 Å². The van der Waals surface area contributed by atoms with Gasteiger partial charge in [-0.1, -0.05) is 13.0 Å². The molecule has 0 heterocycles. The highest BCUT2D eigenvalue weighted by molar-refractivity contribution is 5.96. The van der Waals surface area contributed by atoms with Crippen molar-refractivity contribution in [2.75, 3.05) is 19.7 Å². The number of aliphatic hydroxyl groups excluding tert-OH is 1. The first-order valence-corrected chi connectivity index (χ1v) is 5.80. The largest absolute Gasteiger partial charge is 0.507 e. The van der Waals surface area contributed by atoms with Gasteiger partial charge in [-0.2, -0.15) is 0 Å². The van der Waals surface area contributed by atoms with Crippen LogP contribution in [0.1, 0.15) is 29.3 Å². The van der Waals surface area contributed by atoms with E-state index in [1.54, 1.807) is 23.1 Å². The Morgan fingerprint density at radius 1 is 1.35 bits per heavy atom. The molecule has 0 atom stereocenters. The van der Waals surface area contributed by atoms with Crippen LogP contribution in [0, 0.1) is 6.92 Å². The zero-order valence-electron chi connectivity index (χ0n) is 10.3. The topological polar surface area (TPSA) is 60.8 Å². The molecule has 1 aromatic rings. The summed E-state index contributed by atoms with van der Waals surface area (Å²) in [5.41, 5.74) is 1.20. The second-order valence-corrected chi connectivity index (χ2v) is 4.04. The van der Waals surface area contributed by atoms with Gasteiger partial charge in [0.2, 0.25) is 0 Å². The van der Waals surface area contributed by atoms with Crippen LogP contribution in [0.25, 0.3) is 0 Å². The SMILES string of the molecule is CCCN(CCO)C(=O)c1ccc(C)cc1O. The van der Waals surface area contributed by atoms with Crippen molar-refractivity contribution >= 4 is 5.91 Å². The van der Waals surface area contributed by atoms with Gasteiger partial charge >= 0.3 is 0 Å². The van der Waals surface area contributed by atoms with Crippen LogP contribution < -0.4 is 0 Å². The molecule has 0 fully saturated rings. The van der Waals surface area contributed by atoms with E-state index in [0.717, 1.165) is 12.0 Å². The summed E-state index contributed by atoms with van der Waals surface area (Å²) in [7, 11) is 0. The van der Waals surface area contributed by atoms with Gasteiger partial charge in [0.05, 0.1) is 12.2 Å². The maximum absolute atomic E-state index is 12.1. The van der Waals surface area contributed by atoms with E-state index < -0.39 is 0 Å². The molecule has 17 heavy (non-hydrogen) atoms. The number of amides is 1. The molecule has 1 rings (SSSR count). The highest BCUT2D eigenvalue weighted by atomic mass is 16.3. The number of nitrogens with zero attached hydrogens (tertiary/aromatic N) is 1. The third kappa shape index (κ3) is 3.46. The van der Waals surface area contributed by atoms with Crippen LogP contribution in [-0.4, -0.2) is 40.7 Å². The van der Waals surface area contributed by atoms with Crippen LogP contribution in [-0.2, 0) is 0 Å². The Bertz CT molecular complexity index is 384. The minimum Gasteiger partial charge on any atom is -0.507 e. The molecule has 0 aromatic heterocycles. The van der Waals surface area contributed by atoms with Gasteiger partial charge in [-0.15, -0.1) is 0 Å². The summed E-state index contributed by atoms with van der Waals surface area (Å²) in [6, 6.07) is 4.97. The number of carbonyl (C=O) groups excluding carboxylic acids is 1. The number of hydrogen-bond acceptors (Lipinski definition) is 3. The molecule has 94 valence electrons. The molecule has 0 aliphatic heterocycles. The van der Waals surface area contributed by atoms with Gasteiger partial charge in [0.15, 0.2) is 0 Å². The molecule has 0 aliphatic rings. The lowest BCUT2D eigenvalue weighted by Gasteiger charge is -2.21. The number of benzene rings is 1. The number of aliphatic hydroxyl groups is 1. The molecule has 1 amide bonds. The van der Waals surface area contributed by atoms with E-state index in [2.05, 4.69) is 0 Å². The number of carbonyl (C=O) groups is 1. The van der Waals surface area contributed by atoms with Crippen LogP contribution in [0.4, 0.5) is 0 Å². The zero-order valence-corrected chi connectivity index (χ0v) is 10.3. The molecule has 0 bridgehead atoms. The normalized spacial score (nSPS) is 10.3. The molecule has 0 unspecified atom stereocenters. The molecule has 4 heteroatoms. The minimum atomic E-state index is -0.238. The lowest BCUT2D eigenvalue weighted by Crippen LogP contribution is -2.34. The van der Waals surface area contributed by atoms with Crippen molar-refractivity contribution in [3.8, 4) is 5.75 Å². The number of phenols is 1. The summed E-state index contributed by atoms with van der Waals surface area (Å²) in [5.74, 6) is -0.243. The number of aromatic hydroxyl groups is 1. The van der Waals surface area contributed by atoms with Crippen molar-refractivity contribution in [2.45, 2.75) is 20.3 Å². The first kappa shape index (κ1) is 13.5. The van der Waals surface area contributed by atoms with Gasteiger partial charge in [0, 0.05) is 13.1 Å². The van der Waals surface area contributed by atoms with Crippen molar-refractivity contribution in [1.29, 1.82) is 0 Å². The summed E-state index contributed by atoms with van der Waals surface area (Å²) in [5, 5.41) is 18.7. The third-order valence-electron chi connectivity index (χ3n) is 2.53. The van der Waals surface area contributed by atoms with Crippen molar-refractivity contribution < 1.29 is 15.0 Å². The highest BCUT2D eigenvalue weighted by Crippen LogP contribution is 2.20. The molecular formula is C13H19NO3. The minimum absolute atomic E-state index is 0.00552. The molecule has 4 nitrogen and oxygen atoms in total. The van der Waals surface area contributed by atoms with Crippen LogP contribution in [0.3, 0.4) is 0 Å². The molecule has 0 saturated heterocycles. The number of aryl methyl sites for hydroxylation is 1. The van der Waals surface area contributed by atoms with Crippen molar-refractivity contribution in [1.82, 2.24) is 4.90 Å². The fourth-order valence-corrected chi connectivity index (χ4v) is 1.70. The molecule has 0 saturated carbocycles. The van der Waals surface area contributed by atoms with E-state index in [-0.39, 0.29) is 23.8 Å². The summed E-state index contributed by atoms with van der Waals surface area (Å²) in [6.07, 6.45) is 0.818. The van der Waals surface area contributed by atoms with E-state index in [9.17, 15) is 9.90 Å². The average molecular weight is 237 g/mol. The van der Waals surface area contributed by atoms with Gasteiger partial charge in [0.1, 0.15) is 5.75 Å². The molecular weight excluding hydrogens is 218 g/mol. The summed E-state index contributed by atoms with van der Waals surface area (Å²) >= 11 is 0. The molecule has 2 N–H and O–H groups in total. The smallest absolute Gasteiger partial charge is 0.257 e. The van der Waals surface area contributed by atoms with Crippen LogP contribution >= 0.6 is 0 Å². The van der Waals surface area contributed by atoms with Gasteiger partial charge in [-0.3, -0.25) is 4.79 Å². The molecule has 1 aromatic carbocycles. The number of phenolic OH excluding ortho intramolecular Hbond substituents is 1. The first-order chi connectivity index (χ1) is 8.10. The lowest BCUT2D eigenvalue weighted by molar-refractivity contribution is 0.0719. The predicted octanol–water partition coefficient (Wildman–Crippen LogP) is 1.55. The van der Waals surface area contributed by atoms with Gasteiger partial charge in [-0.05, 0) is 31.0 Å². The zero-order chi connectivity index (χ0) is 12.8. The first-order valence-electron chi connectivity index (χ1n) is 5.80. The fourth-order valence-electron chi connectivity index (χ4n) is 1.70. The Balaban J connectivity index is 2.92. The molecule has 0 spiro atoms. The molecule has 0 radical (unpaired) electrons. The maximum Gasteiger partial charge on any atom is 0.257 e. The van der Waals surface area contributed by atoms with E-state index >= 15 is 0 Å². The van der Waals surface area contributed by atoms with Crippen LogP contribution in [0.5, 0.6) is 5.75 Å². The average Bonchev–Trinajstić information content (AvgIpc) is 2.28. The van der Waals surface area contributed by atoms with E-state index in [1.165, 1.54) is 0 Å². The lowest BCUT2D eigenvalue weighted by atomic mass is 10.1. The maximum atomic E-state index is 12.1. The Morgan fingerprint density at radius 3 is 2.59 bits per heavy atom. The number of hydrogen-bond donors (Lipinski definition) is 2. The summed E-state index contributed by atoms with van der Waals surface area (Å²) in [4.78, 5) is 13.7. The Kier molecular flexibility index (Phi) is 4.97. The highest BCUT2D eigenvalue weighted by Gasteiger charge is 2.17. The third-order valence-corrected chi connectivity index (χ3v) is 2.53. The van der Waals surface area contributed by atoms with Crippen molar-refractivity contribution in [2.24, 2.45) is 0 Å². The van der Waals surface area contributed by atoms with E-state index in [4.69, 9.17) is 5.11 Å². The van der Waals surface area contributed by atoms with Crippen molar-refractivity contribution in [3.63, 3.8) is 0 Å². The van der Waals surface area contributed by atoms with E-state index in [0.29, 0.717) is 13.1 Å². The van der Waals surface area contributed by atoms with Gasteiger partial charge in [-0.25, -0.2) is 0 Å². The summed E-state index contributed by atoms with van der Waals surface area (Å²) < 4.78 is 0. The quantitative estimate of drug-likeness (QED) is 0.816. The van der Waals surface area contributed by atoms with Crippen LogP contribution in [0.15, 0.2) is 18.2 Å². The number of rotatable bonds is 5. The second kappa shape index (κ2) is 6.25. The predicted molar refractivity (Wildman–Crippen MR) is 66.1 cm³/mol. The van der Waals surface area contributed by atoms with Gasteiger partial charge < -0.3 is 15.1 Å². The standard InChI is InChI=1S/C13H19NO3/c1-3-6-14(7-8-15)13(17)11-5-4-10(2)9-12(11)16/h4-5,9,15-16H,3,6-8H2,1-2H3. The fraction of sp³-hybridized carbons (Fsp3) is 0.462. The van der Waals surface area contributed by atoms with Crippen molar-refractivity contribution in [3.05, 3.63) is 29.3 Å². The van der Waals surface area contributed by atoms with Gasteiger partial charge in [0.25, 0.3) is 5.91 Å². The Hall–Kier alpha value is -1.55. The Morgan fingerprint density at radius 2 is 2.06 bits per heavy atom. The second-order valence-electron chi connectivity index (χ2n) is 4.04. The molecule has 0 aliphatic carbocycles. The van der Waals surface area contributed by atoms with Crippen LogP contribution in [0.2, 0.25) is 0 Å². The monoisotopic (exact) mass is 237 g/mol. The summed E-state index contributed by atoms with van der Waals surface area (Å²) in [6.45, 7) is 4.61. The Labute approximate surface area is 101 Å².